The second-order valence-corrected chi connectivity index (χ2v) is 10.7. The number of hydrogen-bond donors (Lipinski definition) is 0. The summed E-state index contributed by atoms with van der Waals surface area (Å²) in [7, 11) is 0. The molecule has 0 saturated carbocycles. The number of ether oxygens (including phenoxy) is 1. The second-order valence-electron chi connectivity index (χ2n) is 10.7. The topological polar surface area (TPSA) is 48.2 Å². The van der Waals surface area contributed by atoms with Gasteiger partial charge in [0.1, 0.15) is 5.75 Å². The van der Waals surface area contributed by atoms with Crippen LogP contribution in [0.2, 0.25) is 0 Å². The van der Waals surface area contributed by atoms with Crippen LogP contribution in [0.4, 0.5) is 0 Å². The predicted molar refractivity (Wildman–Crippen MR) is 160 cm³/mol. The van der Waals surface area contributed by atoms with Crippen molar-refractivity contribution in [2.45, 2.75) is 40.0 Å². The molecule has 0 saturated heterocycles. The monoisotopic (exact) mass is 715 g/mol. The first kappa shape index (κ1) is 28.5. The maximum atomic E-state index is 6.11. The molecule has 0 aliphatic carbocycles. The molecule has 4 heterocycles. The molecule has 0 N–H and O–H groups in total. The zero-order valence-corrected chi connectivity index (χ0v) is 26.1. The van der Waals surface area contributed by atoms with Crippen LogP contribution in [0.15, 0.2) is 95.7 Å². The van der Waals surface area contributed by atoms with Crippen LogP contribution < -0.4 is 4.74 Å². The Morgan fingerprint density at radius 3 is 2.27 bits per heavy atom. The van der Waals surface area contributed by atoms with Gasteiger partial charge in [-0.15, -0.1) is 53.6 Å². The van der Waals surface area contributed by atoms with Gasteiger partial charge in [-0.3, -0.25) is 0 Å². The largest absolute Gasteiger partial charge is 0.446 e. The Kier molecular flexibility index (Phi) is 7.95. The Hall–Kier alpha value is -4.05. The first-order chi connectivity index (χ1) is 19.3. The van der Waals surface area contributed by atoms with E-state index in [9.17, 15) is 0 Å². The molecular weight excluding hydrogens is 685 g/mol. The summed E-state index contributed by atoms with van der Waals surface area (Å²) < 4.78 is 12.2. The fourth-order valence-corrected chi connectivity index (χ4v) is 5.15. The molecule has 207 valence electrons. The third-order valence-electron chi connectivity index (χ3n) is 7.53. The zero-order chi connectivity index (χ0) is 27.9. The van der Waals surface area contributed by atoms with Crippen molar-refractivity contribution < 1.29 is 29.3 Å². The molecule has 7 rings (SSSR count). The van der Waals surface area contributed by atoms with E-state index in [0.717, 1.165) is 55.9 Å². The normalized spacial score (nSPS) is 12.7. The van der Waals surface area contributed by atoms with Crippen LogP contribution >= 0.6 is 0 Å². The number of pyridine rings is 2. The van der Waals surface area contributed by atoms with Crippen molar-refractivity contribution in [1.82, 2.24) is 9.97 Å². The Balaban J connectivity index is 0.000000192. The number of aromatic nitrogens is 2. The molecule has 0 fully saturated rings. The van der Waals surface area contributed by atoms with Crippen LogP contribution in [0.1, 0.15) is 41.7 Å². The summed E-state index contributed by atoms with van der Waals surface area (Å²) in [6, 6.07) is 32.6. The molecule has 0 spiro atoms. The van der Waals surface area contributed by atoms with Gasteiger partial charge in [0.25, 0.3) is 5.95 Å². The van der Waals surface area contributed by atoms with Gasteiger partial charge in [0.15, 0.2) is 0 Å². The molecule has 0 bridgehead atoms. The number of rotatable bonds is 2. The fraction of sp³-hybridized carbons (Fsp3) is 0.167. The molecule has 0 atom stereocenters. The molecule has 3 aromatic heterocycles. The zero-order valence-electron chi connectivity index (χ0n) is 23.7. The van der Waals surface area contributed by atoms with Gasteiger partial charge in [-0.25, -0.2) is 0 Å². The minimum atomic E-state index is -0.246. The quantitative estimate of drug-likeness (QED) is 0.168. The molecule has 6 aromatic rings. The fourth-order valence-electron chi connectivity index (χ4n) is 5.15. The summed E-state index contributed by atoms with van der Waals surface area (Å²) in [6.45, 7) is 10.6. The summed E-state index contributed by atoms with van der Waals surface area (Å²) in [5.74, 6) is 1.42. The van der Waals surface area contributed by atoms with Crippen LogP contribution in [0, 0.1) is 32.9 Å². The summed E-state index contributed by atoms with van der Waals surface area (Å²) in [6.07, 6.45) is 3.79. The number of hydrogen-bond acceptors (Lipinski definition) is 4. The van der Waals surface area contributed by atoms with Crippen molar-refractivity contribution in [3.05, 3.63) is 131 Å². The molecule has 4 nitrogen and oxygen atoms in total. The molecule has 5 heteroatoms. The van der Waals surface area contributed by atoms with E-state index in [1.54, 1.807) is 0 Å². The summed E-state index contributed by atoms with van der Waals surface area (Å²) in [5.41, 5.74) is 10.3. The number of furan rings is 1. The maximum absolute atomic E-state index is 6.11. The third kappa shape index (κ3) is 5.36. The molecule has 41 heavy (non-hydrogen) atoms. The summed E-state index contributed by atoms with van der Waals surface area (Å²) in [4.78, 5) is 8.98. The van der Waals surface area contributed by atoms with E-state index in [2.05, 4.69) is 68.0 Å². The number of aryl methyl sites for hydroxylation is 3. The van der Waals surface area contributed by atoms with E-state index >= 15 is 0 Å². The van der Waals surface area contributed by atoms with Gasteiger partial charge in [0, 0.05) is 49.0 Å². The van der Waals surface area contributed by atoms with E-state index in [0.29, 0.717) is 5.95 Å². The predicted octanol–water partition coefficient (Wildman–Crippen LogP) is 9.20. The van der Waals surface area contributed by atoms with Crippen molar-refractivity contribution in [3.63, 3.8) is 0 Å². The van der Waals surface area contributed by atoms with E-state index in [4.69, 9.17) is 9.15 Å². The van der Waals surface area contributed by atoms with Gasteiger partial charge in [0.2, 0.25) is 0 Å². The van der Waals surface area contributed by atoms with E-state index in [-0.39, 0.29) is 25.5 Å². The molecule has 1 aliphatic rings. The van der Waals surface area contributed by atoms with Gasteiger partial charge in [0.05, 0.1) is 5.58 Å². The Morgan fingerprint density at radius 2 is 1.54 bits per heavy atom. The average Bonchev–Trinajstić information content (AvgIpc) is 3.35. The van der Waals surface area contributed by atoms with Crippen LogP contribution in [0.25, 0.3) is 33.5 Å². The van der Waals surface area contributed by atoms with E-state index < -0.39 is 0 Å². The average molecular weight is 715 g/mol. The van der Waals surface area contributed by atoms with E-state index in [1.807, 2.05) is 80.0 Å². The van der Waals surface area contributed by atoms with Crippen molar-refractivity contribution in [3.8, 4) is 34.2 Å². The van der Waals surface area contributed by atoms with Crippen LogP contribution in [0.5, 0.6) is 11.7 Å². The Morgan fingerprint density at radius 1 is 0.756 bits per heavy atom. The van der Waals surface area contributed by atoms with Crippen molar-refractivity contribution in [1.29, 1.82) is 0 Å². The second kappa shape index (κ2) is 11.4. The van der Waals surface area contributed by atoms with Crippen molar-refractivity contribution >= 4 is 11.0 Å². The Bertz CT molecular complexity index is 1820. The molecule has 3 aromatic carbocycles. The number of para-hydroxylation sites is 1. The SMILES string of the molecule is Cc1ccc(-c2[c-]ccc3oc4c(c23)C(C)(C)c2ccccc2O4)nc1.Cc1cnc(-c2[c-]cccc2)cc1C.[Ir]. The first-order valence-electron chi connectivity index (χ1n) is 13.4. The van der Waals surface area contributed by atoms with Gasteiger partial charge >= 0.3 is 0 Å². The van der Waals surface area contributed by atoms with Crippen LogP contribution in [-0.4, -0.2) is 9.97 Å². The minimum absolute atomic E-state index is 0. The third-order valence-corrected chi connectivity index (χ3v) is 7.53. The summed E-state index contributed by atoms with van der Waals surface area (Å²) >= 11 is 0. The molecule has 1 aliphatic heterocycles. The maximum Gasteiger partial charge on any atom is 0.283 e. The number of fused-ring (bicyclic) bond motifs is 4. The number of benzene rings is 3. The Labute approximate surface area is 254 Å². The molecule has 0 amide bonds. The molecule has 1 radical (unpaired) electrons. The van der Waals surface area contributed by atoms with Crippen molar-refractivity contribution in [2.24, 2.45) is 0 Å². The van der Waals surface area contributed by atoms with Crippen molar-refractivity contribution in [2.75, 3.05) is 0 Å². The van der Waals surface area contributed by atoms with Gasteiger partial charge in [-0.1, -0.05) is 67.3 Å². The first-order valence-corrected chi connectivity index (χ1v) is 13.4. The smallest absolute Gasteiger partial charge is 0.283 e. The summed E-state index contributed by atoms with van der Waals surface area (Å²) in [5, 5.41) is 1.03. The van der Waals surface area contributed by atoms with E-state index in [1.165, 1.54) is 11.1 Å². The molecule has 0 unspecified atom stereocenters. The minimum Gasteiger partial charge on any atom is -0.446 e. The van der Waals surface area contributed by atoms with Gasteiger partial charge in [-0.05, 0) is 49.4 Å². The molecular formula is C36H30IrN2O2-2. The van der Waals surface area contributed by atoms with Gasteiger partial charge in [-0.2, -0.15) is 0 Å². The standard InChI is InChI=1S/C23H18NO2.C13H12N.Ir/c1-14-11-12-17(24-13-14)15-7-6-10-19-20(15)21-22(26-19)25-18-9-5-4-8-16(18)23(21,2)3;1-10-8-13(14-9-11(10)2)12-6-4-3-5-7-12;/h4-6,8-13H,1-3H3;3-6,8-9H,1-2H3;/q2*-1;. The van der Waals surface area contributed by atoms with Crippen LogP contribution in [-0.2, 0) is 25.5 Å². The number of nitrogens with zero attached hydrogens (tertiary/aromatic N) is 2. The van der Waals surface area contributed by atoms with Gasteiger partial charge < -0.3 is 19.1 Å². The van der Waals surface area contributed by atoms with Crippen LogP contribution in [0.3, 0.4) is 0 Å².